The highest BCUT2D eigenvalue weighted by molar-refractivity contribution is 9.10. The van der Waals surface area contributed by atoms with Crippen LogP contribution < -0.4 is 4.74 Å². The van der Waals surface area contributed by atoms with E-state index in [1.54, 1.807) is 23.0 Å². The largest absolute Gasteiger partial charge is 0.434 e. The number of ether oxygens (including phenoxy) is 1. The molecule has 1 aromatic carbocycles. The van der Waals surface area contributed by atoms with Crippen LogP contribution in [0.1, 0.15) is 0 Å². The molecule has 7 heteroatoms. The van der Waals surface area contributed by atoms with Crippen molar-refractivity contribution in [2.75, 3.05) is 0 Å². The number of hydrogen-bond acceptors (Lipinski definition) is 3. The van der Waals surface area contributed by atoms with E-state index in [4.69, 9.17) is 16.3 Å². The third-order valence-corrected chi connectivity index (χ3v) is 3.09. The molecule has 4 nitrogen and oxygen atoms in total. The molecule has 0 spiro atoms. The summed E-state index contributed by atoms with van der Waals surface area (Å²) >= 11 is 9.19. The molecule has 0 atom stereocenters. The number of hydrogen-bond donors (Lipinski definition) is 0. The van der Waals surface area contributed by atoms with Gasteiger partial charge in [0.15, 0.2) is 0 Å². The molecule has 0 unspecified atom stereocenters. The van der Waals surface area contributed by atoms with E-state index < -0.39 is 5.82 Å². The summed E-state index contributed by atoms with van der Waals surface area (Å²) in [6, 6.07) is 3.89. The Morgan fingerprint density at radius 2 is 2.21 bits per heavy atom. The van der Waals surface area contributed by atoms with Crippen molar-refractivity contribution in [1.29, 1.82) is 0 Å². The molecular formula is C12H6BrClFN3O. The standard InChI is InChI=1S/C12H6BrClFN3O/c13-10-6-18-4-3-16-11(18)12(17-10)19-9-2-1-7(15)5-8(9)14/h1-6H. The Morgan fingerprint density at radius 3 is 3.00 bits per heavy atom. The van der Waals surface area contributed by atoms with Crippen LogP contribution >= 0.6 is 27.5 Å². The van der Waals surface area contributed by atoms with Gasteiger partial charge in [-0.15, -0.1) is 0 Å². The van der Waals surface area contributed by atoms with Crippen molar-refractivity contribution in [2.24, 2.45) is 0 Å². The summed E-state index contributed by atoms with van der Waals surface area (Å²) in [4.78, 5) is 8.33. The molecular weight excluding hydrogens is 337 g/mol. The lowest BCUT2D eigenvalue weighted by atomic mass is 10.3. The molecule has 0 aliphatic rings. The average Bonchev–Trinajstić information content (AvgIpc) is 2.80. The van der Waals surface area contributed by atoms with Crippen LogP contribution in [0.4, 0.5) is 4.39 Å². The average molecular weight is 343 g/mol. The van der Waals surface area contributed by atoms with Crippen molar-refractivity contribution in [1.82, 2.24) is 14.4 Å². The molecule has 3 rings (SSSR count). The third-order valence-electron chi connectivity index (χ3n) is 2.41. The topological polar surface area (TPSA) is 39.4 Å². The predicted octanol–water partition coefficient (Wildman–Crippen LogP) is 4.08. The van der Waals surface area contributed by atoms with Gasteiger partial charge in [-0.2, -0.15) is 0 Å². The van der Waals surface area contributed by atoms with Crippen molar-refractivity contribution >= 4 is 33.2 Å². The van der Waals surface area contributed by atoms with E-state index in [0.29, 0.717) is 16.0 Å². The van der Waals surface area contributed by atoms with Gasteiger partial charge in [-0.3, -0.25) is 4.40 Å². The molecule has 0 radical (unpaired) electrons. The van der Waals surface area contributed by atoms with E-state index in [9.17, 15) is 4.39 Å². The van der Waals surface area contributed by atoms with E-state index in [1.165, 1.54) is 18.2 Å². The summed E-state index contributed by atoms with van der Waals surface area (Å²) < 4.78 is 20.9. The van der Waals surface area contributed by atoms with Gasteiger partial charge >= 0.3 is 0 Å². The summed E-state index contributed by atoms with van der Waals surface area (Å²) in [6.07, 6.45) is 5.14. The van der Waals surface area contributed by atoms with Crippen LogP contribution in [0, 0.1) is 5.82 Å². The number of imidazole rings is 1. The first-order valence-electron chi connectivity index (χ1n) is 5.25. The quantitative estimate of drug-likeness (QED) is 0.704. The van der Waals surface area contributed by atoms with Gasteiger partial charge in [0.05, 0.1) is 5.02 Å². The minimum absolute atomic E-state index is 0.173. The van der Waals surface area contributed by atoms with E-state index in [0.717, 1.165) is 0 Å². The Bertz CT molecular complexity index is 762. The third kappa shape index (κ3) is 2.41. The highest BCUT2D eigenvalue weighted by atomic mass is 79.9. The lowest BCUT2D eigenvalue weighted by Crippen LogP contribution is -1.95. The molecule has 0 N–H and O–H groups in total. The van der Waals surface area contributed by atoms with E-state index in [1.807, 2.05) is 0 Å². The van der Waals surface area contributed by atoms with Crippen LogP contribution in [0.25, 0.3) is 5.65 Å². The monoisotopic (exact) mass is 341 g/mol. The maximum atomic E-state index is 13.0. The van der Waals surface area contributed by atoms with E-state index in [-0.39, 0.29) is 10.9 Å². The smallest absolute Gasteiger partial charge is 0.265 e. The van der Waals surface area contributed by atoms with Gasteiger partial charge in [0.1, 0.15) is 16.2 Å². The second-order valence-corrected chi connectivity index (χ2v) is 4.92. The predicted molar refractivity (Wildman–Crippen MR) is 72.2 cm³/mol. The van der Waals surface area contributed by atoms with E-state index in [2.05, 4.69) is 25.9 Å². The van der Waals surface area contributed by atoms with Crippen molar-refractivity contribution in [3.8, 4) is 11.6 Å². The van der Waals surface area contributed by atoms with Crippen molar-refractivity contribution in [2.45, 2.75) is 0 Å². The number of rotatable bonds is 2. The number of aromatic nitrogens is 3. The Balaban J connectivity index is 2.07. The first-order valence-corrected chi connectivity index (χ1v) is 6.43. The summed E-state index contributed by atoms with van der Waals surface area (Å²) in [6.45, 7) is 0. The summed E-state index contributed by atoms with van der Waals surface area (Å²) in [7, 11) is 0. The SMILES string of the molecule is Fc1ccc(Oc2nc(Br)cn3ccnc23)c(Cl)c1. The molecule has 0 fully saturated rings. The Labute approximate surface area is 120 Å². The number of benzene rings is 1. The van der Waals surface area contributed by atoms with Crippen LogP contribution in [0.2, 0.25) is 5.02 Å². The van der Waals surface area contributed by atoms with Gasteiger partial charge < -0.3 is 4.74 Å². The fourth-order valence-electron chi connectivity index (χ4n) is 1.60. The summed E-state index contributed by atoms with van der Waals surface area (Å²) in [5, 5.41) is 0.173. The van der Waals surface area contributed by atoms with Gasteiger partial charge in [0, 0.05) is 18.6 Å². The maximum Gasteiger partial charge on any atom is 0.265 e. The van der Waals surface area contributed by atoms with Gasteiger partial charge in [0.25, 0.3) is 5.88 Å². The van der Waals surface area contributed by atoms with Gasteiger partial charge in [-0.1, -0.05) is 11.6 Å². The van der Waals surface area contributed by atoms with Crippen molar-refractivity contribution < 1.29 is 9.13 Å². The maximum absolute atomic E-state index is 13.0. The van der Waals surface area contributed by atoms with Gasteiger partial charge in [0.2, 0.25) is 5.65 Å². The lowest BCUT2D eigenvalue weighted by molar-refractivity contribution is 0.462. The number of halogens is 3. The minimum atomic E-state index is -0.425. The van der Waals surface area contributed by atoms with Crippen LogP contribution in [-0.2, 0) is 0 Å². The molecule has 0 saturated carbocycles. The van der Waals surface area contributed by atoms with Gasteiger partial charge in [-0.05, 0) is 34.1 Å². The summed E-state index contributed by atoms with van der Waals surface area (Å²) in [5.41, 5.74) is 0.545. The highest BCUT2D eigenvalue weighted by Crippen LogP contribution is 2.31. The number of fused-ring (bicyclic) bond motifs is 1. The molecule has 2 aromatic heterocycles. The van der Waals surface area contributed by atoms with Crippen LogP contribution in [0.3, 0.4) is 0 Å². The lowest BCUT2D eigenvalue weighted by Gasteiger charge is -2.08. The second-order valence-electron chi connectivity index (χ2n) is 3.70. The molecule has 0 aliphatic carbocycles. The second kappa shape index (κ2) is 4.79. The molecule has 2 heterocycles. The minimum Gasteiger partial charge on any atom is -0.434 e. The Morgan fingerprint density at radius 1 is 1.37 bits per heavy atom. The highest BCUT2D eigenvalue weighted by Gasteiger charge is 2.11. The van der Waals surface area contributed by atoms with Crippen LogP contribution in [0.15, 0.2) is 41.4 Å². The zero-order valence-electron chi connectivity index (χ0n) is 9.35. The van der Waals surface area contributed by atoms with Crippen LogP contribution in [-0.4, -0.2) is 14.4 Å². The van der Waals surface area contributed by atoms with Crippen molar-refractivity contribution in [3.05, 3.63) is 52.2 Å². The molecule has 0 saturated heterocycles. The van der Waals surface area contributed by atoms with E-state index >= 15 is 0 Å². The number of nitrogens with zero attached hydrogens (tertiary/aromatic N) is 3. The summed E-state index contributed by atoms with van der Waals surface area (Å²) in [5.74, 6) is 0.178. The Hall–Kier alpha value is -1.66. The molecule has 96 valence electrons. The molecule has 3 aromatic rings. The molecule has 0 bridgehead atoms. The van der Waals surface area contributed by atoms with Crippen molar-refractivity contribution in [3.63, 3.8) is 0 Å². The van der Waals surface area contributed by atoms with Crippen LogP contribution in [0.5, 0.6) is 11.6 Å². The fourth-order valence-corrected chi connectivity index (χ4v) is 2.19. The molecule has 19 heavy (non-hydrogen) atoms. The zero-order chi connectivity index (χ0) is 13.4. The fraction of sp³-hybridized carbons (Fsp3) is 0. The normalized spacial score (nSPS) is 10.9. The van der Waals surface area contributed by atoms with Gasteiger partial charge in [-0.25, -0.2) is 14.4 Å². The first kappa shape index (κ1) is 12.4. The molecule has 0 aliphatic heterocycles. The Kier molecular flexibility index (Phi) is 3.12. The molecule has 0 amide bonds. The zero-order valence-corrected chi connectivity index (χ0v) is 11.7. The first-order chi connectivity index (χ1) is 9.13.